The molecule has 1 fully saturated rings. The molecule has 0 saturated heterocycles. The highest BCUT2D eigenvalue weighted by Gasteiger charge is 2.31. The SMILES string of the molecule is O=c1c2c(n(CC3CC3)c(=O)n1Cc1ccccc1F)NC(Cc1ccc(NS(=O)(=O)c3cccnc3)cc1)N2. The van der Waals surface area contributed by atoms with Gasteiger partial charge >= 0.3 is 5.69 Å². The summed E-state index contributed by atoms with van der Waals surface area (Å²) in [4.78, 5) is 30.7. The fourth-order valence-corrected chi connectivity index (χ4v) is 5.81. The molecule has 1 aliphatic heterocycles. The van der Waals surface area contributed by atoms with Gasteiger partial charge in [-0.1, -0.05) is 30.3 Å². The van der Waals surface area contributed by atoms with Crippen LogP contribution in [0.2, 0.25) is 0 Å². The molecule has 6 rings (SSSR count). The second-order valence-electron chi connectivity index (χ2n) is 10.1. The van der Waals surface area contributed by atoms with Crippen LogP contribution in [0.15, 0.2) is 87.5 Å². The van der Waals surface area contributed by atoms with Crippen molar-refractivity contribution in [3.63, 3.8) is 0 Å². The van der Waals surface area contributed by atoms with Crippen LogP contribution in [0, 0.1) is 11.7 Å². The van der Waals surface area contributed by atoms with E-state index in [1.807, 2.05) is 0 Å². The van der Waals surface area contributed by atoms with Gasteiger partial charge in [-0.05, 0) is 54.7 Å². The number of halogens is 1. The van der Waals surface area contributed by atoms with Crippen molar-refractivity contribution in [2.45, 2.75) is 43.4 Å². The van der Waals surface area contributed by atoms with Crippen LogP contribution in [0.4, 0.5) is 21.6 Å². The summed E-state index contributed by atoms with van der Waals surface area (Å²) >= 11 is 0. The number of hydrogen-bond acceptors (Lipinski definition) is 7. The minimum absolute atomic E-state index is 0.0640. The Morgan fingerprint density at radius 3 is 2.45 bits per heavy atom. The number of nitrogens with one attached hydrogen (secondary N) is 3. The Balaban J connectivity index is 1.22. The Hall–Kier alpha value is -4.45. The lowest BCUT2D eigenvalue weighted by Crippen LogP contribution is -2.41. The summed E-state index contributed by atoms with van der Waals surface area (Å²) in [6.07, 6.45) is 4.88. The highest BCUT2D eigenvalue weighted by Crippen LogP contribution is 2.33. The standard InChI is InChI=1S/C28H27FN6O4S/c29-23-6-2-1-4-20(23)17-35-27(36)25-26(34(28(35)37)16-19-7-8-19)32-24(31-25)14-18-9-11-21(12-10-18)33-40(38,39)22-5-3-13-30-15-22/h1-6,9-13,15,19,24,31-33H,7-8,14,16-17H2. The predicted octanol–water partition coefficient (Wildman–Crippen LogP) is 3.21. The van der Waals surface area contributed by atoms with Gasteiger partial charge in [0.05, 0.1) is 6.54 Å². The monoisotopic (exact) mass is 562 g/mol. The van der Waals surface area contributed by atoms with Crippen molar-refractivity contribution in [1.29, 1.82) is 0 Å². The van der Waals surface area contributed by atoms with Gasteiger partial charge in [0.25, 0.3) is 15.6 Å². The number of nitrogens with zero attached hydrogens (tertiary/aromatic N) is 3. The van der Waals surface area contributed by atoms with E-state index in [0.29, 0.717) is 30.4 Å². The highest BCUT2D eigenvalue weighted by molar-refractivity contribution is 7.92. The minimum atomic E-state index is -3.76. The smallest absolute Gasteiger partial charge is 0.333 e. The molecule has 2 aliphatic rings. The zero-order valence-corrected chi connectivity index (χ0v) is 22.2. The molecular weight excluding hydrogens is 535 g/mol. The lowest BCUT2D eigenvalue weighted by molar-refractivity contribution is 0.542. The Morgan fingerprint density at radius 1 is 0.975 bits per heavy atom. The molecule has 0 amide bonds. The topological polar surface area (TPSA) is 127 Å². The van der Waals surface area contributed by atoms with E-state index in [-0.39, 0.29) is 28.9 Å². The molecule has 3 N–H and O–H groups in total. The zero-order chi connectivity index (χ0) is 27.9. The Labute approximate surface area is 229 Å². The largest absolute Gasteiger partial charge is 0.358 e. The molecule has 0 spiro atoms. The van der Waals surface area contributed by atoms with Crippen molar-refractivity contribution >= 4 is 27.2 Å². The predicted molar refractivity (Wildman–Crippen MR) is 149 cm³/mol. The molecular formula is C28H27FN6O4S. The fourth-order valence-electron chi connectivity index (χ4n) is 4.79. The molecule has 1 atom stereocenters. The Morgan fingerprint density at radius 2 is 1.75 bits per heavy atom. The number of rotatable bonds is 9. The van der Waals surface area contributed by atoms with E-state index in [1.165, 1.54) is 24.5 Å². The Bertz CT molecular complexity index is 1780. The van der Waals surface area contributed by atoms with Crippen LogP contribution in [-0.2, 0) is 29.5 Å². The maximum absolute atomic E-state index is 14.4. The molecule has 0 radical (unpaired) electrons. The Kier molecular flexibility index (Phi) is 6.62. The van der Waals surface area contributed by atoms with E-state index in [4.69, 9.17) is 0 Å². The second-order valence-corrected chi connectivity index (χ2v) is 11.8. The lowest BCUT2D eigenvalue weighted by atomic mass is 10.1. The van der Waals surface area contributed by atoms with Crippen molar-refractivity contribution in [3.8, 4) is 0 Å². The first kappa shape index (κ1) is 25.8. The summed E-state index contributed by atoms with van der Waals surface area (Å²) in [5.41, 5.74) is 0.843. The number of fused-ring (bicyclic) bond motifs is 1. The minimum Gasteiger partial charge on any atom is -0.358 e. The van der Waals surface area contributed by atoms with Gasteiger partial charge in [-0.2, -0.15) is 0 Å². The summed E-state index contributed by atoms with van der Waals surface area (Å²) in [6.45, 7) is 0.316. The number of sulfonamides is 1. The zero-order valence-electron chi connectivity index (χ0n) is 21.4. The van der Waals surface area contributed by atoms with Crippen LogP contribution in [0.5, 0.6) is 0 Å². The van der Waals surface area contributed by atoms with Crippen LogP contribution in [0.1, 0.15) is 24.0 Å². The van der Waals surface area contributed by atoms with Gasteiger partial charge in [0.1, 0.15) is 28.4 Å². The van der Waals surface area contributed by atoms with Crippen LogP contribution in [-0.4, -0.2) is 28.7 Å². The van der Waals surface area contributed by atoms with Gasteiger partial charge in [0, 0.05) is 36.6 Å². The van der Waals surface area contributed by atoms with E-state index >= 15 is 0 Å². The van der Waals surface area contributed by atoms with Gasteiger partial charge in [0.15, 0.2) is 0 Å². The molecule has 10 nitrogen and oxygen atoms in total. The molecule has 1 saturated carbocycles. The first-order chi connectivity index (χ1) is 19.3. The van der Waals surface area contributed by atoms with Gasteiger partial charge in [-0.25, -0.2) is 17.6 Å². The molecule has 2 aromatic heterocycles. The summed E-state index contributed by atoms with van der Waals surface area (Å²) in [6, 6.07) is 16.0. The molecule has 3 heterocycles. The second kappa shape index (κ2) is 10.3. The highest BCUT2D eigenvalue weighted by atomic mass is 32.2. The molecule has 40 heavy (non-hydrogen) atoms. The first-order valence-electron chi connectivity index (χ1n) is 12.9. The molecule has 0 bridgehead atoms. The van der Waals surface area contributed by atoms with E-state index in [9.17, 15) is 22.4 Å². The fraction of sp³-hybridized carbons (Fsp3) is 0.250. The third kappa shape index (κ3) is 5.22. The molecule has 1 unspecified atom stereocenters. The normalized spacial score (nSPS) is 16.2. The molecule has 2 aromatic carbocycles. The number of aromatic nitrogens is 3. The molecule has 12 heteroatoms. The quantitative estimate of drug-likeness (QED) is 0.286. The van der Waals surface area contributed by atoms with Crippen LogP contribution >= 0.6 is 0 Å². The maximum atomic E-state index is 14.4. The van der Waals surface area contributed by atoms with Gasteiger partial charge < -0.3 is 10.6 Å². The average molecular weight is 563 g/mol. The number of pyridine rings is 1. The van der Waals surface area contributed by atoms with Gasteiger partial charge in [0.2, 0.25) is 0 Å². The third-order valence-corrected chi connectivity index (χ3v) is 8.44. The van der Waals surface area contributed by atoms with Crippen molar-refractivity contribution in [1.82, 2.24) is 14.1 Å². The van der Waals surface area contributed by atoms with Gasteiger partial charge in [-0.15, -0.1) is 0 Å². The lowest BCUT2D eigenvalue weighted by Gasteiger charge is -2.15. The summed E-state index contributed by atoms with van der Waals surface area (Å²) in [5.74, 6) is 0.334. The first-order valence-corrected chi connectivity index (χ1v) is 14.4. The molecule has 4 aromatic rings. The molecule has 1 aliphatic carbocycles. The van der Waals surface area contributed by atoms with E-state index in [0.717, 1.165) is 23.0 Å². The number of hydrogen-bond donors (Lipinski definition) is 3. The van der Waals surface area contributed by atoms with Crippen molar-refractivity contribution in [3.05, 3.63) is 111 Å². The summed E-state index contributed by atoms with van der Waals surface area (Å²) < 4.78 is 44.7. The summed E-state index contributed by atoms with van der Waals surface area (Å²) in [5, 5.41) is 6.50. The van der Waals surface area contributed by atoms with Crippen molar-refractivity contribution < 1.29 is 12.8 Å². The van der Waals surface area contributed by atoms with Crippen LogP contribution in [0.25, 0.3) is 0 Å². The molecule has 206 valence electrons. The van der Waals surface area contributed by atoms with Crippen LogP contribution in [0.3, 0.4) is 0 Å². The maximum Gasteiger partial charge on any atom is 0.333 e. The van der Waals surface area contributed by atoms with E-state index < -0.39 is 27.1 Å². The number of benzene rings is 2. The van der Waals surface area contributed by atoms with E-state index in [2.05, 4.69) is 20.3 Å². The van der Waals surface area contributed by atoms with Crippen molar-refractivity contribution in [2.75, 3.05) is 15.4 Å². The third-order valence-electron chi connectivity index (χ3n) is 7.07. The van der Waals surface area contributed by atoms with Crippen molar-refractivity contribution in [2.24, 2.45) is 5.92 Å². The number of anilines is 3. The summed E-state index contributed by atoms with van der Waals surface area (Å²) in [7, 11) is -3.76. The average Bonchev–Trinajstić information content (AvgIpc) is 3.68. The van der Waals surface area contributed by atoms with Gasteiger partial charge in [-0.3, -0.25) is 23.6 Å². The van der Waals surface area contributed by atoms with E-state index in [1.54, 1.807) is 53.1 Å². The van der Waals surface area contributed by atoms with Crippen LogP contribution < -0.4 is 26.6 Å².